The summed E-state index contributed by atoms with van der Waals surface area (Å²) >= 11 is 0. The Labute approximate surface area is 175 Å². The fraction of sp³-hybridized carbons (Fsp3) is 0.304. The number of fused-ring (bicyclic) bond motifs is 1. The Kier molecular flexibility index (Phi) is 5.35. The highest BCUT2D eigenvalue weighted by atomic mass is 16.2. The fourth-order valence-electron chi connectivity index (χ4n) is 3.83. The van der Waals surface area contributed by atoms with Crippen LogP contribution in [0.4, 0.5) is 11.4 Å². The standard InChI is InChI=1S/C23H25N5O2/c1-14-15(2)26-20-13-17(7-8-18(20)25-14)23(30)27-19-5-3-4-6-21(19)28-11-9-16(10-12-28)22(24)29/h3-8,13,16H,9-12H2,1-2H3,(H2,24,29)(H,27,30). The molecule has 2 amide bonds. The van der Waals surface area contributed by atoms with Crippen LogP contribution in [0.1, 0.15) is 34.6 Å². The van der Waals surface area contributed by atoms with Crippen LogP contribution in [0.2, 0.25) is 0 Å². The van der Waals surface area contributed by atoms with Gasteiger partial charge in [-0.05, 0) is 57.0 Å². The van der Waals surface area contributed by atoms with Crippen molar-refractivity contribution in [3.05, 3.63) is 59.4 Å². The SMILES string of the molecule is Cc1nc2ccc(C(=O)Nc3ccccc3N3CCC(C(N)=O)CC3)cc2nc1C. The van der Waals surface area contributed by atoms with Gasteiger partial charge in [-0.1, -0.05) is 12.1 Å². The summed E-state index contributed by atoms with van der Waals surface area (Å²) in [4.78, 5) is 35.6. The number of primary amides is 1. The molecule has 1 aliphatic rings. The number of anilines is 2. The van der Waals surface area contributed by atoms with Gasteiger partial charge in [0.2, 0.25) is 5.91 Å². The monoisotopic (exact) mass is 403 g/mol. The predicted molar refractivity (Wildman–Crippen MR) is 118 cm³/mol. The highest BCUT2D eigenvalue weighted by molar-refractivity contribution is 6.07. The molecule has 1 saturated heterocycles. The Morgan fingerprint density at radius 3 is 2.37 bits per heavy atom. The van der Waals surface area contributed by atoms with Crippen molar-refractivity contribution in [2.75, 3.05) is 23.3 Å². The molecule has 4 rings (SSSR count). The summed E-state index contributed by atoms with van der Waals surface area (Å²) in [6.07, 6.45) is 1.44. The van der Waals surface area contributed by atoms with Gasteiger partial charge < -0.3 is 16.0 Å². The molecule has 2 aromatic carbocycles. The third-order valence-corrected chi connectivity index (χ3v) is 5.73. The lowest BCUT2D eigenvalue weighted by atomic mass is 9.96. The lowest BCUT2D eigenvalue weighted by molar-refractivity contribution is -0.122. The van der Waals surface area contributed by atoms with Gasteiger partial charge in [0.1, 0.15) is 0 Å². The summed E-state index contributed by atoms with van der Waals surface area (Å²) in [5.74, 6) is -0.508. The number of carbonyl (C=O) groups is 2. The largest absolute Gasteiger partial charge is 0.370 e. The van der Waals surface area contributed by atoms with Crippen LogP contribution in [0.15, 0.2) is 42.5 Å². The summed E-state index contributed by atoms with van der Waals surface area (Å²) in [6, 6.07) is 13.1. The third-order valence-electron chi connectivity index (χ3n) is 5.73. The molecule has 3 N–H and O–H groups in total. The van der Waals surface area contributed by atoms with Gasteiger partial charge in [0.05, 0.1) is 33.8 Å². The Hall–Kier alpha value is -3.48. The van der Waals surface area contributed by atoms with Gasteiger partial charge in [-0.2, -0.15) is 0 Å². The number of carbonyl (C=O) groups excluding carboxylic acids is 2. The van der Waals surface area contributed by atoms with E-state index < -0.39 is 0 Å². The number of para-hydroxylation sites is 2. The van der Waals surface area contributed by atoms with E-state index in [1.807, 2.05) is 44.2 Å². The molecule has 154 valence electrons. The highest BCUT2D eigenvalue weighted by Crippen LogP contribution is 2.30. The minimum Gasteiger partial charge on any atom is -0.370 e. The molecule has 1 aromatic heterocycles. The molecule has 30 heavy (non-hydrogen) atoms. The van der Waals surface area contributed by atoms with E-state index in [2.05, 4.69) is 20.2 Å². The second-order valence-electron chi connectivity index (χ2n) is 7.73. The quantitative estimate of drug-likeness (QED) is 0.697. The van der Waals surface area contributed by atoms with Crippen LogP contribution < -0.4 is 16.0 Å². The first kappa shape index (κ1) is 19.8. The minimum absolute atomic E-state index is 0.0752. The van der Waals surface area contributed by atoms with Crippen molar-refractivity contribution in [1.82, 2.24) is 9.97 Å². The van der Waals surface area contributed by atoms with Crippen LogP contribution in [-0.2, 0) is 4.79 Å². The predicted octanol–water partition coefficient (Wildman–Crippen LogP) is 3.20. The zero-order valence-corrected chi connectivity index (χ0v) is 17.2. The van der Waals surface area contributed by atoms with Crippen LogP contribution >= 0.6 is 0 Å². The number of benzene rings is 2. The molecule has 0 spiro atoms. The summed E-state index contributed by atoms with van der Waals surface area (Å²) in [5.41, 5.74) is 10.9. The normalized spacial score (nSPS) is 14.7. The summed E-state index contributed by atoms with van der Waals surface area (Å²) in [5, 5.41) is 3.03. The number of amides is 2. The fourth-order valence-corrected chi connectivity index (χ4v) is 3.83. The zero-order valence-electron chi connectivity index (χ0n) is 17.2. The molecule has 7 heteroatoms. The second-order valence-corrected chi connectivity index (χ2v) is 7.73. The van der Waals surface area contributed by atoms with E-state index in [0.29, 0.717) is 11.1 Å². The van der Waals surface area contributed by atoms with Crippen molar-refractivity contribution < 1.29 is 9.59 Å². The zero-order chi connectivity index (χ0) is 21.3. The van der Waals surface area contributed by atoms with Gasteiger partial charge in [0.15, 0.2) is 0 Å². The number of rotatable bonds is 4. The smallest absolute Gasteiger partial charge is 0.255 e. The van der Waals surface area contributed by atoms with E-state index in [-0.39, 0.29) is 17.7 Å². The molecular weight excluding hydrogens is 378 g/mol. The van der Waals surface area contributed by atoms with Crippen LogP contribution in [0.3, 0.4) is 0 Å². The van der Waals surface area contributed by atoms with Gasteiger partial charge in [-0.25, -0.2) is 9.97 Å². The van der Waals surface area contributed by atoms with Crippen molar-refractivity contribution in [3.63, 3.8) is 0 Å². The van der Waals surface area contributed by atoms with Gasteiger partial charge >= 0.3 is 0 Å². The highest BCUT2D eigenvalue weighted by Gasteiger charge is 2.24. The number of nitrogens with one attached hydrogen (secondary N) is 1. The molecule has 7 nitrogen and oxygen atoms in total. The van der Waals surface area contributed by atoms with E-state index in [0.717, 1.165) is 54.2 Å². The maximum Gasteiger partial charge on any atom is 0.255 e. The van der Waals surface area contributed by atoms with Crippen molar-refractivity contribution in [3.8, 4) is 0 Å². The third kappa shape index (κ3) is 3.96. The Morgan fingerprint density at radius 1 is 1.00 bits per heavy atom. The minimum atomic E-state index is -0.235. The van der Waals surface area contributed by atoms with Crippen molar-refractivity contribution in [1.29, 1.82) is 0 Å². The Bertz CT molecular complexity index is 1120. The molecule has 3 aromatic rings. The maximum absolute atomic E-state index is 12.9. The van der Waals surface area contributed by atoms with Gasteiger partial charge in [-0.3, -0.25) is 9.59 Å². The van der Waals surface area contributed by atoms with E-state index >= 15 is 0 Å². The number of aromatic nitrogens is 2. The number of piperidine rings is 1. The number of aryl methyl sites for hydroxylation is 2. The van der Waals surface area contributed by atoms with Gasteiger partial charge in [-0.15, -0.1) is 0 Å². The van der Waals surface area contributed by atoms with Crippen LogP contribution in [0.5, 0.6) is 0 Å². The van der Waals surface area contributed by atoms with Crippen LogP contribution in [0.25, 0.3) is 11.0 Å². The first-order valence-corrected chi connectivity index (χ1v) is 10.1. The molecule has 1 aliphatic heterocycles. The van der Waals surface area contributed by atoms with E-state index in [1.165, 1.54) is 0 Å². The molecule has 2 heterocycles. The summed E-state index contributed by atoms with van der Waals surface area (Å²) in [6.45, 7) is 5.28. The first-order valence-electron chi connectivity index (χ1n) is 10.1. The van der Waals surface area contributed by atoms with Crippen molar-refractivity contribution >= 4 is 34.2 Å². The van der Waals surface area contributed by atoms with Gasteiger partial charge in [0.25, 0.3) is 5.91 Å². The number of hydrogen-bond acceptors (Lipinski definition) is 5. The molecule has 0 bridgehead atoms. The number of nitrogens with zero attached hydrogens (tertiary/aromatic N) is 3. The number of nitrogens with two attached hydrogens (primary N) is 1. The molecule has 1 fully saturated rings. The van der Waals surface area contributed by atoms with E-state index in [1.54, 1.807) is 12.1 Å². The van der Waals surface area contributed by atoms with Crippen LogP contribution in [-0.4, -0.2) is 34.9 Å². The molecule has 0 radical (unpaired) electrons. The average Bonchev–Trinajstić information content (AvgIpc) is 2.74. The Morgan fingerprint density at radius 2 is 1.67 bits per heavy atom. The lowest BCUT2D eigenvalue weighted by Gasteiger charge is -2.33. The molecule has 0 aliphatic carbocycles. The first-order chi connectivity index (χ1) is 14.4. The Balaban J connectivity index is 1.55. The number of hydrogen-bond donors (Lipinski definition) is 2. The van der Waals surface area contributed by atoms with Gasteiger partial charge in [0, 0.05) is 24.6 Å². The summed E-state index contributed by atoms with van der Waals surface area (Å²) in [7, 11) is 0. The molecule has 0 unspecified atom stereocenters. The summed E-state index contributed by atoms with van der Waals surface area (Å²) < 4.78 is 0. The second kappa shape index (κ2) is 8.10. The molecular formula is C23H25N5O2. The maximum atomic E-state index is 12.9. The average molecular weight is 403 g/mol. The van der Waals surface area contributed by atoms with E-state index in [9.17, 15) is 9.59 Å². The van der Waals surface area contributed by atoms with Crippen molar-refractivity contribution in [2.45, 2.75) is 26.7 Å². The molecule has 0 atom stereocenters. The van der Waals surface area contributed by atoms with Crippen molar-refractivity contribution in [2.24, 2.45) is 11.7 Å². The molecule has 0 saturated carbocycles. The lowest BCUT2D eigenvalue weighted by Crippen LogP contribution is -2.38. The topological polar surface area (TPSA) is 101 Å². The van der Waals surface area contributed by atoms with Crippen LogP contribution in [0, 0.1) is 19.8 Å². The van der Waals surface area contributed by atoms with E-state index in [4.69, 9.17) is 5.73 Å².